The van der Waals surface area contributed by atoms with Gasteiger partial charge in [-0.25, -0.2) is 13.9 Å². The molecule has 0 radical (unpaired) electrons. The van der Waals surface area contributed by atoms with E-state index < -0.39 is 125 Å². The van der Waals surface area contributed by atoms with Crippen LogP contribution in [0.15, 0.2) is 86.1 Å². The lowest BCUT2D eigenvalue weighted by molar-refractivity contribution is -0.122. The second-order valence-electron chi connectivity index (χ2n) is 24.4. The number of fused-ring (bicyclic) bond motifs is 1. The number of aliphatic hydroxyl groups is 1. The molecule has 2 aromatic carbocycles. The first-order valence-electron chi connectivity index (χ1n) is 32.4. The Morgan fingerprint density at radius 3 is 1.97 bits per heavy atom. The van der Waals surface area contributed by atoms with Crippen molar-refractivity contribution in [3.8, 4) is 0 Å². The number of phosphoric acid groups is 2. The number of carbonyl (C=O) groups is 2. The summed E-state index contributed by atoms with van der Waals surface area (Å²) in [6, 6.07) is 7.98. The molecule has 13 N–H and O–H groups in total. The SMILES string of the molecule is COCCN=C(/C=C/C=C1/N(CCCCCC(=O)NCCOCCOCCOCCOCCC(=O)NCCCc2cn([C@@H]3O[C@H](COP(=O)(O)O)C(OP(=O)(O)O)[C@@H]3O)c(=O)nc2N)c2ccc(S(=O)(=O)O)cc2C1(C)CCCS(=O)(=O)O)C(C)(CCCS(=O)(=O)O)c1cc(S(=O)(=O)O)ccc1C. The lowest BCUT2D eigenvalue weighted by Gasteiger charge is -2.33. The number of nitrogens with one attached hydrogen (secondary N) is 2. The predicted molar refractivity (Wildman–Crippen MR) is 370 cm³/mol. The van der Waals surface area contributed by atoms with E-state index in [1.807, 2.05) is 4.90 Å². The van der Waals surface area contributed by atoms with Gasteiger partial charge in [0.1, 0.15) is 24.1 Å². The molecule has 0 spiro atoms. The highest BCUT2D eigenvalue weighted by Gasteiger charge is 2.50. The van der Waals surface area contributed by atoms with Crippen LogP contribution in [0.2, 0.25) is 0 Å². The third-order valence-electron chi connectivity index (χ3n) is 16.6. The summed E-state index contributed by atoms with van der Waals surface area (Å²) in [7, 11) is -27.3. The van der Waals surface area contributed by atoms with E-state index in [4.69, 9.17) is 48.9 Å². The number of aromatic nitrogens is 2. The summed E-state index contributed by atoms with van der Waals surface area (Å²) >= 11 is 0. The Bertz CT molecular complexity index is 4080. The van der Waals surface area contributed by atoms with Gasteiger partial charge in [0.25, 0.3) is 40.5 Å². The van der Waals surface area contributed by atoms with Gasteiger partial charge < -0.3 is 74.4 Å². The Hall–Kier alpha value is -5.41. The summed E-state index contributed by atoms with van der Waals surface area (Å²) in [5.74, 6) is -2.04. The fourth-order valence-corrected chi connectivity index (χ4v) is 14.6. The van der Waals surface area contributed by atoms with E-state index in [2.05, 4.69) is 24.7 Å². The van der Waals surface area contributed by atoms with Crippen LogP contribution in [0.25, 0.3) is 0 Å². The molecule has 3 aromatic rings. The number of benzene rings is 2. The predicted octanol–water partition coefficient (Wildman–Crippen LogP) is 2.25. The Morgan fingerprint density at radius 2 is 1.36 bits per heavy atom. The van der Waals surface area contributed by atoms with E-state index in [1.54, 1.807) is 39.0 Å². The average Bonchev–Trinajstić information content (AvgIpc) is 1.60. The normalized spacial score (nSPS) is 19.5. The molecule has 1 fully saturated rings. The molecule has 2 amide bonds. The maximum absolute atomic E-state index is 12.9. The standard InChI is InChI=1S/C60H93N7O30P2S4/c1-42-16-17-44(102(84,85)86)38-46(42)59(2,21-10-36-100(78,79)80)50(62-24-28-90-4)13-8-14-51-60(3,22-11-37-101(81,82)83)47-39-45(103(87,88)89)18-19-48(47)66(51)26-7-5-6-15-52(68)64-25-29-92-31-33-94-35-34-93-32-30-91-27-20-53(69)63-23-9-12-43-40-67(58(71)65-56(43)61)57-54(70)55(97-99(75,76)77)49(96-57)41-95-98(72,73)74/h8,13-14,16-19,38-40,49,54-55,57,70H,5-7,9-12,15,20-37,41H2,1-4H3,(H,63,69)(H,64,68)(H2,61,65,71)(H2,72,73,74)(H2,75,76,77)(H,78,79,80)(H,81,82,83)(H,84,85,86)(H,87,88,89)/b13-8+,51-14+,62-50?/t49-,54+,55?,57-,59?,60?/m1/s1. The van der Waals surface area contributed by atoms with Gasteiger partial charge in [0.15, 0.2) is 6.23 Å². The first kappa shape index (κ1) is 88.2. The van der Waals surface area contributed by atoms with Gasteiger partial charge in [-0.2, -0.15) is 38.7 Å². The van der Waals surface area contributed by atoms with Crippen molar-refractivity contribution in [2.24, 2.45) is 4.99 Å². The highest BCUT2D eigenvalue weighted by atomic mass is 32.2. The Kier molecular flexibility index (Phi) is 34.2. The number of aryl methyl sites for hydroxylation is 2. The number of carbonyl (C=O) groups excluding carboxylic acids is 2. The third-order valence-corrected chi connectivity index (χ3v) is 20.9. The van der Waals surface area contributed by atoms with Crippen molar-refractivity contribution in [1.29, 1.82) is 0 Å². The van der Waals surface area contributed by atoms with Crippen LogP contribution >= 0.6 is 15.6 Å². The van der Waals surface area contributed by atoms with E-state index in [1.165, 1.54) is 49.7 Å². The number of aliphatic hydroxyl groups excluding tert-OH is 1. The number of hydrogen-bond acceptors (Lipinski definition) is 26. The van der Waals surface area contributed by atoms with E-state index in [0.29, 0.717) is 59.5 Å². The fraction of sp³-hybridized carbons (Fsp3) is 0.617. The van der Waals surface area contributed by atoms with Crippen molar-refractivity contribution >= 4 is 85.1 Å². The zero-order valence-corrected chi connectivity index (χ0v) is 62.2. The van der Waals surface area contributed by atoms with Crippen LogP contribution in [0.3, 0.4) is 0 Å². The monoisotopic (exact) mass is 1580 g/mol. The van der Waals surface area contributed by atoms with Gasteiger partial charge >= 0.3 is 21.3 Å². The number of nitrogen functional groups attached to an aromatic ring is 1. The summed E-state index contributed by atoms with van der Waals surface area (Å²) in [6.07, 6.45) is 0.806. The Morgan fingerprint density at radius 1 is 0.767 bits per heavy atom. The number of amides is 2. The molecule has 2 aliphatic rings. The molecule has 1 saturated heterocycles. The molecule has 0 aliphatic carbocycles. The van der Waals surface area contributed by atoms with Crippen LogP contribution < -0.4 is 27.0 Å². The minimum atomic E-state index is -5.29. The lowest BCUT2D eigenvalue weighted by Crippen LogP contribution is -2.38. The van der Waals surface area contributed by atoms with Crippen LogP contribution in [-0.2, 0) is 114 Å². The number of hydrogen-bond donors (Lipinski definition) is 12. The van der Waals surface area contributed by atoms with Crippen molar-refractivity contribution < 1.29 is 133 Å². The molecule has 103 heavy (non-hydrogen) atoms. The fourth-order valence-electron chi connectivity index (χ4n) is 11.6. The molecular weight excluding hydrogens is 1490 g/mol. The van der Waals surface area contributed by atoms with Gasteiger partial charge in [-0.15, -0.1) is 0 Å². The maximum atomic E-state index is 12.9. The van der Waals surface area contributed by atoms with Crippen LogP contribution in [0, 0.1) is 6.92 Å². The van der Waals surface area contributed by atoms with Gasteiger partial charge in [-0.1, -0.05) is 18.6 Å². The average molecular weight is 1580 g/mol. The number of aliphatic imine (C=N–C) groups is 1. The number of nitrogens with zero attached hydrogens (tertiary/aromatic N) is 4. The number of ether oxygens (including phenoxy) is 6. The molecule has 3 unspecified atom stereocenters. The molecule has 6 atom stereocenters. The van der Waals surface area contributed by atoms with Crippen LogP contribution in [0.4, 0.5) is 11.5 Å². The van der Waals surface area contributed by atoms with Crippen molar-refractivity contribution in [2.45, 2.75) is 137 Å². The van der Waals surface area contributed by atoms with Crippen LogP contribution in [0.1, 0.15) is 107 Å². The quantitative estimate of drug-likeness (QED) is 0.0167. The molecule has 2 aliphatic heterocycles. The highest BCUT2D eigenvalue weighted by molar-refractivity contribution is 7.86. The van der Waals surface area contributed by atoms with Crippen molar-refractivity contribution in [2.75, 3.05) is 121 Å². The second-order valence-corrected chi connectivity index (χ2v) is 32.8. The Labute approximate surface area is 597 Å². The van der Waals surface area contributed by atoms with Crippen LogP contribution in [-0.4, -0.2) is 233 Å². The molecule has 0 saturated carbocycles. The third kappa shape index (κ3) is 29.4. The van der Waals surface area contributed by atoms with Gasteiger partial charge in [-0.05, 0) is 131 Å². The number of anilines is 2. The maximum Gasteiger partial charge on any atom is 0.470 e. The molecule has 43 heteroatoms. The minimum absolute atomic E-state index is 0.0138. The van der Waals surface area contributed by atoms with Gasteiger partial charge in [0.05, 0.1) is 93.9 Å². The second kappa shape index (κ2) is 40.0. The number of methoxy groups -OCH3 is 1. The molecule has 37 nitrogen and oxygen atoms in total. The zero-order valence-electron chi connectivity index (χ0n) is 57.2. The summed E-state index contributed by atoms with van der Waals surface area (Å²) < 4.78 is 203. The topological polar surface area (TPSA) is 561 Å². The van der Waals surface area contributed by atoms with Crippen molar-refractivity contribution in [3.05, 3.63) is 99.3 Å². The first-order chi connectivity index (χ1) is 48.1. The zero-order chi connectivity index (χ0) is 76.6. The molecule has 3 heterocycles. The summed E-state index contributed by atoms with van der Waals surface area (Å²) in [5.41, 5.74) is 5.34. The number of rotatable bonds is 48. The summed E-state index contributed by atoms with van der Waals surface area (Å²) in [4.78, 5) is 84.4. The van der Waals surface area contributed by atoms with E-state index in [-0.39, 0.29) is 154 Å². The first-order valence-corrected chi connectivity index (χ1v) is 41.5. The van der Waals surface area contributed by atoms with Crippen molar-refractivity contribution in [1.82, 2.24) is 20.2 Å². The van der Waals surface area contributed by atoms with Gasteiger partial charge in [-0.3, -0.25) is 46.4 Å². The number of phosphoric ester groups is 2. The molecule has 1 aromatic heterocycles. The van der Waals surface area contributed by atoms with Crippen molar-refractivity contribution in [3.63, 3.8) is 0 Å². The van der Waals surface area contributed by atoms with E-state index in [9.17, 15) is 90.3 Å². The van der Waals surface area contributed by atoms with Gasteiger partial charge in [0.2, 0.25) is 11.8 Å². The lowest BCUT2D eigenvalue weighted by atomic mass is 9.72. The molecule has 582 valence electrons. The number of allylic oxidation sites excluding steroid dienone is 4. The Balaban J connectivity index is 1.05. The largest absolute Gasteiger partial charge is 0.470 e. The van der Waals surface area contributed by atoms with E-state index in [0.717, 1.165) is 4.57 Å². The smallest absolute Gasteiger partial charge is 0.386 e. The molecular formula is C60H93N7O30P2S4. The molecule has 5 rings (SSSR count). The van der Waals surface area contributed by atoms with E-state index >= 15 is 0 Å². The van der Waals surface area contributed by atoms with Crippen LogP contribution in [0.5, 0.6) is 0 Å². The van der Waals surface area contributed by atoms with Gasteiger partial charge in [0, 0.05) is 79.3 Å². The number of unbranched alkanes of at least 4 members (excludes halogenated alkanes) is 2. The number of nitrogens with two attached hydrogens (primary N) is 1. The minimum Gasteiger partial charge on any atom is -0.386 e. The summed E-state index contributed by atoms with van der Waals surface area (Å²) in [5, 5.41) is 16.3. The molecule has 0 bridgehead atoms. The summed E-state index contributed by atoms with van der Waals surface area (Å²) in [6.45, 7) is 6.66. The highest BCUT2D eigenvalue weighted by Crippen LogP contribution is 2.52.